The fraction of sp³-hybridized carbons (Fsp3) is 0.316. The van der Waals surface area contributed by atoms with Gasteiger partial charge in [0, 0.05) is 56.5 Å². The fourth-order valence-corrected chi connectivity index (χ4v) is 14.2. The summed E-state index contributed by atoms with van der Waals surface area (Å²) in [6.45, 7) is 12.1. The van der Waals surface area contributed by atoms with E-state index in [1.54, 1.807) is 84.9 Å². The summed E-state index contributed by atoms with van der Waals surface area (Å²) in [5, 5.41) is 0.710. The summed E-state index contributed by atoms with van der Waals surface area (Å²) < 4.78 is 174. The van der Waals surface area contributed by atoms with E-state index in [0.29, 0.717) is 13.6 Å². The molecule has 0 saturated heterocycles. The van der Waals surface area contributed by atoms with Crippen LogP contribution in [0.4, 0.5) is 43.8 Å². The van der Waals surface area contributed by atoms with Crippen LogP contribution in [0, 0.1) is 16.2 Å². The highest BCUT2D eigenvalue weighted by Crippen LogP contribution is 2.48. The number of hydrogen-bond donors (Lipinski definition) is 1. The molecule has 0 radical (unpaired) electrons. The Balaban J connectivity index is 0.000000216. The highest BCUT2D eigenvalue weighted by atomic mass is 127. The molecule has 6 heterocycles. The first kappa shape index (κ1) is 76.8. The number of alkyl halides is 7. The van der Waals surface area contributed by atoms with Crippen molar-refractivity contribution in [1.29, 1.82) is 0 Å². The number of esters is 3. The van der Waals surface area contributed by atoms with Crippen molar-refractivity contribution in [2.24, 2.45) is 16.2 Å². The van der Waals surface area contributed by atoms with Crippen LogP contribution >= 0.6 is 92.2 Å². The summed E-state index contributed by atoms with van der Waals surface area (Å²) >= 11 is 38.1. The number of hydrogen-bond acceptors (Lipinski definition) is 17. The molecule has 0 aliphatic carbocycles. The van der Waals surface area contributed by atoms with E-state index >= 15 is 0 Å². The van der Waals surface area contributed by atoms with E-state index in [0.717, 1.165) is 6.20 Å². The van der Waals surface area contributed by atoms with E-state index in [1.807, 2.05) is 0 Å². The third-order valence-electron chi connectivity index (χ3n) is 12.1. The van der Waals surface area contributed by atoms with Gasteiger partial charge in [-0.1, -0.05) is 110 Å². The first-order valence-electron chi connectivity index (χ1n) is 26.7. The minimum Gasteiger partial charge on any atom is -0.422 e. The van der Waals surface area contributed by atoms with Gasteiger partial charge in [0.05, 0.1) is 48.5 Å². The molecule has 21 nitrogen and oxygen atoms in total. The molecule has 94 heavy (non-hydrogen) atoms. The number of halogens is 13. The van der Waals surface area contributed by atoms with Crippen molar-refractivity contribution in [3.63, 3.8) is 0 Å². The zero-order valence-corrected chi connectivity index (χ0v) is 59.3. The number of carbonyl (C=O) groups is 3. The van der Waals surface area contributed by atoms with Crippen molar-refractivity contribution in [1.82, 2.24) is 24.9 Å². The predicted molar refractivity (Wildman–Crippen MR) is 353 cm³/mol. The Labute approximate surface area is 579 Å². The van der Waals surface area contributed by atoms with Gasteiger partial charge < -0.3 is 14.2 Å². The number of benzene rings is 3. The Hall–Kier alpha value is -6.17. The van der Waals surface area contributed by atoms with Crippen LogP contribution in [0.2, 0.25) is 30.1 Å². The number of aromatic nitrogens is 6. The van der Waals surface area contributed by atoms with Crippen molar-refractivity contribution in [3.8, 4) is 0 Å². The molecule has 0 spiro atoms. The minimum absolute atomic E-state index is 0.0388. The Bertz CT molecular complexity index is 4210. The average molecular weight is 1610 g/mol. The summed E-state index contributed by atoms with van der Waals surface area (Å²) in [5.74, 6) is -3.92. The molecule has 3 aromatic carbocycles. The van der Waals surface area contributed by atoms with Gasteiger partial charge in [-0.25, -0.2) is 77.4 Å². The Morgan fingerprint density at radius 1 is 0.511 bits per heavy atom. The summed E-state index contributed by atoms with van der Waals surface area (Å²) in [5.41, 5.74) is -3.13. The second kappa shape index (κ2) is 30.5. The van der Waals surface area contributed by atoms with Crippen molar-refractivity contribution in [2.45, 2.75) is 81.6 Å². The van der Waals surface area contributed by atoms with Crippen molar-refractivity contribution < 1.29 is 85.2 Å². The smallest absolute Gasteiger partial charge is 0.335 e. The van der Waals surface area contributed by atoms with E-state index in [1.165, 1.54) is 85.6 Å². The summed E-state index contributed by atoms with van der Waals surface area (Å²) in [7, 11) is -13.5. The average Bonchev–Trinajstić information content (AvgIpc) is 0.740. The van der Waals surface area contributed by atoms with Crippen LogP contribution in [0.3, 0.4) is 0 Å². The zero-order valence-electron chi connectivity index (χ0n) is 50.2. The topological polar surface area (TPSA) is 278 Å². The highest BCUT2D eigenvalue weighted by molar-refractivity contribution is 14.1. The van der Waals surface area contributed by atoms with Crippen LogP contribution in [0.1, 0.15) is 96.1 Å². The lowest BCUT2D eigenvalue weighted by molar-refractivity contribution is -0.364. The molecule has 0 amide bonds. The van der Waals surface area contributed by atoms with Gasteiger partial charge in [0.15, 0.2) is 57.4 Å². The van der Waals surface area contributed by atoms with E-state index in [4.69, 9.17) is 83.8 Å². The number of aromatic amines is 1. The van der Waals surface area contributed by atoms with Gasteiger partial charge in [-0.2, -0.15) is 8.42 Å². The van der Waals surface area contributed by atoms with Gasteiger partial charge in [-0.3, -0.25) is 19.1 Å². The quantitative estimate of drug-likeness (QED) is 0.0415. The molecule has 0 unspecified atom stereocenters. The summed E-state index contributed by atoms with van der Waals surface area (Å²) in [6.07, 6.45) is -0.508. The lowest BCUT2D eigenvalue weighted by atomic mass is 9.97. The molecule has 0 bridgehead atoms. The Morgan fingerprint density at radius 2 is 0.862 bits per heavy atom. The third-order valence-corrected chi connectivity index (χ3v) is 19.5. The molecule has 0 saturated carbocycles. The van der Waals surface area contributed by atoms with Gasteiger partial charge in [0.1, 0.15) is 16.0 Å². The molecule has 0 atom stereocenters. The van der Waals surface area contributed by atoms with E-state index in [-0.39, 0.29) is 91.4 Å². The van der Waals surface area contributed by atoms with Gasteiger partial charge in [-0.15, -0.1) is 4.31 Å². The molecule has 2 N–H and O–H groups in total. The lowest BCUT2D eigenvalue weighted by Gasteiger charge is -2.32. The van der Waals surface area contributed by atoms with Crippen LogP contribution in [0.5, 0.6) is 0 Å². The number of ether oxygens (including phenoxy) is 3. The largest absolute Gasteiger partial charge is 0.422 e. The van der Waals surface area contributed by atoms with Gasteiger partial charge >= 0.3 is 33.7 Å². The maximum Gasteiger partial charge on any atom is 0.335 e. The number of nitrogens with one attached hydrogen (secondary N) is 2. The van der Waals surface area contributed by atoms with Crippen LogP contribution in [0.25, 0.3) is 32.0 Å². The van der Waals surface area contributed by atoms with Crippen LogP contribution in [0.15, 0.2) is 91.8 Å². The Kier molecular flexibility index (Phi) is 24.9. The summed E-state index contributed by atoms with van der Waals surface area (Å²) in [4.78, 5) is 59.1. The summed E-state index contributed by atoms with van der Waals surface area (Å²) in [6, 6.07) is 12.3. The van der Waals surface area contributed by atoms with Gasteiger partial charge in [-0.05, 0) is 98.7 Å². The van der Waals surface area contributed by atoms with Crippen molar-refractivity contribution in [2.75, 3.05) is 30.8 Å². The van der Waals surface area contributed by atoms with Crippen molar-refractivity contribution >= 4 is 190 Å². The number of fused-ring (bicyclic) bond motifs is 3. The molecule has 3 aromatic heterocycles. The molecule has 506 valence electrons. The minimum atomic E-state index is -4.68. The number of H-pyrrole nitrogens is 1. The number of carbonyl (C=O) groups excluding carboxylic acids is 3. The number of sulfonamides is 3. The van der Waals surface area contributed by atoms with Gasteiger partial charge in [0.25, 0.3) is 32.9 Å². The SMILES string of the molecule is CC(C)(C)C(=O)OC1=C(c2ccc(Cl)cc2Cl)S(=O)(=O)N(CC(F)F)c2[nH+]ccnc21.CC(C)(C)C(=O)OC1=C(c2ccc(Cl)cc2Cl)S(=O)(=O)N(CC(F)F)c2nccnc21.CC(C)(C)C(=O)OC1=C(c2ccc(Cl)cc2Cl)S(=O)(=O)Nc2nccnc21.FC(F)CI. The second-order valence-electron chi connectivity index (χ2n) is 22.5. The highest BCUT2D eigenvalue weighted by Gasteiger charge is 2.50. The maximum absolute atomic E-state index is 13.5. The molecule has 3 aliphatic rings. The number of nitrogens with zero attached hydrogens (tertiary/aromatic N) is 7. The molecular formula is C57H53Cl6F6IN9O12S3+. The van der Waals surface area contributed by atoms with Crippen LogP contribution < -0.4 is 18.3 Å². The first-order valence-corrected chi connectivity index (χ1v) is 34.9. The maximum atomic E-state index is 13.5. The van der Waals surface area contributed by atoms with Crippen LogP contribution in [-0.2, 0) is 58.7 Å². The molecule has 0 fully saturated rings. The molecule has 37 heteroatoms. The zero-order chi connectivity index (χ0) is 70.5. The standard InChI is InChI=1S/2C19H17Cl2F2N3O4S.C17H15Cl2N3O4S.C2H3F2I/c2*1-19(2,3)18(27)30-15-14-17(25-7-6-24-14)26(9-13(22)23)31(28,29)16(15)11-5-4-10(20)8-12(11)21;1-17(2,3)16(23)26-13-12-15(21-7-6-20-12)22-27(24,25)14(13)10-5-4-9(18)8-11(10)19;3-2(4)1-5/h2*4-8,13H,9H2,1-3H3;4-8H,1-3H3,(H,21,22);2H,1H2/p+1. The number of anilines is 3. The van der Waals surface area contributed by atoms with E-state index < -0.39 is 118 Å². The van der Waals surface area contributed by atoms with Crippen molar-refractivity contribution in [3.05, 3.63) is 156 Å². The monoisotopic (exact) mass is 1600 g/mol. The van der Waals surface area contributed by atoms with E-state index in [9.17, 15) is 66.0 Å². The van der Waals surface area contributed by atoms with Crippen LogP contribution in [-0.4, -0.2) is 105 Å². The Morgan fingerprint density at radius 3 is 1.27 bits per heavy atom. The molecule has 6 aromatic rings. The molecular weight excluding hydrogens is 1550 g/mol. The molecule has 3 aliphatic heterocycles. The van der Waals surface area contributed by atoms with Gasteiger partial charge in [0.2, 0.25) is 6.43 Å². The normalized spacial score (nSPS) is 15.5. The third kappa shape index (κ3) is 18.1. The van der Waals surface area contributed by atoms with E-state index in [2.05, 4.69) is 34.6 Å². The lowest BCUT2D eigenvalue weighted by Crippen LogP contribution is -2.43. The predicted octanol–water partition coefficient (Wildman–Crippen LogP) is 14.3. The number of rotatable bonds is 11. The molecule has 9 rings (SSSR count). The fourth-order valence-electron chi connectivity index (χ4n) is 7.73. The first-order chi connectivity index (χ1) is 43.4. The second-order valence-corrected chi connectivity index (χ2v) is 31.2.